The largest absolute Gasteiger partial charge is 0.383 e. The van der Waals surface area contributed by atoms with Gasteiger partial charge in [-0.3, -0.25) is 9.59 Å². The van der Waals surface area contributed by atoms with E-state index in [1.165, 1.54) is 0 Å². The highest BCUT2D eigenvalue weighted by Gasteiger charge is 2.16. The number of nitrogens with one attached hydrogen (secondary N) is 1. The third-order valence-electron chi connectivity index (χ3n) is 3.67. The molecule has 0 spiro atoms. The molecule has 2 amide bonds. The molecule has 0 fully saturated rings. The van der Waals surface area contributed by atoms with E-state index in [2.05, 4.69) is 19.2 Å². The van der Waals surface area contributed by atoms with E-state index < -0.39 is 0 Å². The lowest BCUT2D eigenvalue weighted by molar-refractivity contribution is -0.131. The smallest absolute Gasteiger partial charge is 0.251 e. The third kappa shape index (κ3) is 6.40. The van der Waals surface area contributed by atoms with Gasteiger partial charge in [0.2, 0.25) is 5.91 Å². The van der Waals surface area contributed by atoms with Crippen LogP contribution in [-0.2, 0) is 9.53 Å². The van der Waals surface area contributed by atoms with Crippen molar-refractivity contribution in [3.05, 3.63) is 34.9 Å². The topological polar surface area (TPSA) is 58.6 Å². The fraction of sp³-hybridized carbons (Fsp3) is 0.556. The molecule has 0 saturated carbocycles. The highest BCUT2D eigenvalue weighted by atomic mass is 16.5. The van der Waals surface area contributed by atoms with Crippen molar-refractivity contribution in [2.45, 2.75) is 27.7 Å². The van der Waals surface area contributed by atoms with Crippen LogP contribution in [0.4, 0.5) is 0 Å². The quantitative estimate of drug-likeness (QED) is 0.798. The van der Waals surface area contributed by atoms with Crippen LogP contribution in [0.3, 0.4) is 0 Å². The summed E-state index contributed by atoms with van der Waals surface area (Å²) >= 11 is 0. The van der Waals surface area contributed by atoms with E-state index in [0.717, 1.165) is 11.1 Å². The molecule has 1 N–H and O–H groups in total. The molecular weight excluding hydrogens is 292 g/mol. The number of carbonyl (C=O) groups is 2. The third-order valence-corrected chi connectivity index (χ3v) is 3.67. The van der Waals surface area contributed by atoms with E-state index in [9.17, 15) is 9.59 Å². The number of hydrogen-bond donors (Lipinski definition) is 1. The normalized spacial score (nSPS) is 10.7. The molecular formula is C18H28N2O3. The minimum Gasteiger partial charge on any atom is -0.383 e. The van der Waals surface area contributed by atoms with Crippen LogP contribution in [-0.4, -0.2) is 50.1 Å². The second-order valence-corrected chi connectivity index (χ2v) is 6.21. The van der Waals surface area contributed by atoms with Gasteiger partial charge in [-0.2, -0.15) is 0 Å². The maximum absolute atomic E-state index is 12.3. The summed E-state index contributed by atoms with van der Waals surface area (Å²) in [4.78, 5) is 26.2. The predicted molar refractivity (Wildman–Crippen MR) is 91.5 cm³/mol. The van der Waals surface area contributed by atoms with Crippen molar-refractivity contribution in [1.29, 1.82) is 0 Å². The first-order valence-electron chi connectivity index (χ1n) is 7.97. The van der Waals surface area contributed by atoms with Gasteiger partial charge in [-0.15, -0.1) is 0 Å². The van der Waals surface area contributed by atoms with Crippen molar-refractivity contribution in [1.82, 2.24) is 10.2 Å². The molecule has 5 nitrogen and oxygen atoms in total. The van der Waals surface area contributed by atoms with Gasteiger partial charge in [0.15, 0.2) is 0 Å². The number of benzene rings is 1. The summed E-state index contributed by atoms with van der Waals surface area (Å²) in [6, 6.07) is 5.53. The van der Waals surface area contributed by atoms with Gasteiger partial charge >= 0.3 is 0 Å². The Hall–Kier alpha value is -1.88. The van der Waals surface area contributed by atoms with Crippen LogP contribution in [0.1, 0.15) is 35.3 Å². The summed E-state index contributed by atoms with van der Waals surface area (Å²) in [7, 11) is 1.61. The van der Waals surface area contributed by atoms with Gasteiger partial charge in [-0.05, 0) is 43.0 Å². The highest BCUT2D eigenvalue weighted by Crippen LogP contribution is 2.09. The van der Waals surface area contributed by atoms with Crippen LogP contribution in [0.15, 0.2) is 18.2 Å². The molecule has 0 aliphatic rings. The molecule has 0 saturated heterocycles. The molecule has 0 atom stereocenters. The first kappa shape index (κ1) is 19.2. The average molecular weight is 320 g/mol. The van der Waals surface area contributed by atoms with E-state index in [1.807, 2.05) is 26.0 Å². The summed E-state index contributed by atoms with van der Waals surface area (Å²) in [6.07, 6.45) is 0. The Morgan fingerprint density at radius 3 is 2.48 bits per heavy atom. The number of aryl methyl sites for hydroxylation is 2. The zero-order chi connectivity index (χ0) is 17.4. The fourth-order valence-corrected chi connectivity index (χ4v) is 2.21. The number of rotatable bonds is 8. The zero-order valence-electron chi connectivity index (χ0n) is 14.8. The van der Waals surface area contributed by atoms with Gasteiger partial charge in [-0.25, -0.2) is 0 Å². The van der Waals surface area contributed by atoms with Crippen molar-refractivity contribution in [3.63, 3.8) is 0 Å². The molecule has 0 radical (unpaired) electrons. The van der Waals surface area contributed by atoms with Gasteiger partial charge < -0.3 is 15.0 Å². The van der Waals surface area contributed by atoms with Crippen LogP contribution >= 0.6 is 0 Å². The predicted octanol–water partition coefficient (Wildman–Crippen LogP) is 2.16. The van der Waals surface area contributed by atoms with Crippen LogP contribution in [0.2, 0.25) is 0 Å². The van der Waals surface area contributed by atoms with Gasteiger partial charge in [0.1, 0.15) is 0 Å². The maximum Gasteiger partial charge on any atom is 0.251 e. The van der Waals surface area contributed by atoms with Crippen molar-refractivity contribution in [2.24, 2.45) is 5.92 Å². The van der Waals surface area contributed by atoms with Gasteiger partial charge in [0.05, 0.1) is 13.2 Å². The first-order chi connectivity index (χ1) is 10.8. The highest BCUT2D eigenvalue weighted by molar-refractivity contribution is 5.96. The molecule has 0 aliphatic carbocycles. The second kappa shape index (κ2) is 9.30. The summed E-state index contributed by atoms with van der Waals surface area (Å²) in [6.45, 7) is 9.76. The van der Waals surface area contributed by atoms with Crippen LogP contribution in [0.5, 0.6) is 0 Å². The first-order valence-corrected chi connectivity index (χ1v) is 7.97. The molecule has 1 aromatic carbocycles. The fourth-order valence-electron chi connectivity index (χ4n) is 2.21. The maximum atomic E-state index is 12.3. The van der Waals surface area contributed by atoms with Crippen molar-refractivity contribution in [2.75, 3.05) is 33.4 Å². The minimum absolute atomic E-state index is 0.00217. The van der Waals surface area contributed by atoms with Crippen LogP contribution < -0.4 is 5.32 Å². The summed E-state index contributed by atoms with van der Waals surface area (Å²) in [5, 5.41) is 2.70. The Labute approximate surface area is 139 Å². The number of methoxy groups -OCH3 is 1. The molecule has 0 aliphatic heterocycles. The molecule has 0 aromatic heterocycles. The van der Waals surface area contributed by atoms with E-state index in [0.29, 0.717) is 31.2 Å². The van der Waals surface area contributed by atoms with Gasteiger partial charge in [0, 0.05) is 25.8 Å². The molecule has 0 bridgehead atoms. The number of nitrogens with zero attached hydrogens (tertiary/aromatic N) is 1. The summed E-state index contributed by atoms with van der Waals surface area (Å²) in [5.74, 6) is 0.0527. The minimum atomic E-state index is -0.224. The molecule has 1 aromatic rings. The summed E-state index contributed by atoms with van der Waals surface area (Å²) < 4.78 is 5.04. The lowest BCUT2D eigenvalue weighted by Gasteiger charge is -2.24. The van der Waals surface area contributed by atoms with Crippen molar-refractivity contribution >= 4 is 11.8 Å². The van der Waals surface area contributed by atoms with Crippen molar-refractivity contribution < 1.29 is 14.3 Å². The van der Waals surface area contributed by atoms with E-state index in [-0.39, 0.29) is 18.4 Å². The standard InChI is InChI=1S/C18H28N2O3/c1-13(2)12-20(8-9-23-5)17(21)11-19-18(22)16-7-6-14(3)15(4)10-16/h6-7,10,13H,8-9,11-12H2,1-5H3,(H,19,22). The van der Waals surface area contributed by atoms with Crippen molar-refractivity contribution in [3.8, 4) is 0 Å². The monoisotopic (exact) mass is 320 g/mol. The molecule has 23 heavy (non-hydrogen) atoms. The number of amides is 2. The average Bonchev–Trinajstić information content (AvgIpc) is 2.51. The zero-order valence-corrected chi connectivity index (χ0v) is 14.8. The van der Waals surface area contributed by atoms with Gasteiger partial charge in [-0.1, -0.05) is 19.9 Å². The molecule has 128 valence electrons. The molecule has 5 heteroatoms. The van der Waals surface area contributed by atoms with E-state index in [1.54, 1.807) is 18.1 Å². The molecule has 1 rings (SSSR count). The summed E-state index contributed by atoms with van der Waals surface area (Å²) in [5.41, 5.74) is 2.78. The lowest BCUT2D eigenvalue weighted by Crippen LogP contribution is -2.43. The van der Waals surface area contributed by atoms with Crippen LogP contribution in [0, 0.1) is 19.8 Å². The Balaban J connectivity index is 2.60. The van der Waals surface area contributed by atoms with E-state index >= 15 is 0 Å². The SMILES string of the molecule is COCCN(CC(C)C)C(=O)CNC(=O)c1ccc(C)c(C)c1. The molecule has 0 unspecified atom stereocenters. The van der Waals surface area contributed by atoms with Gasteiger partial charge in [0.25, 0.3) is 5.91 Å². The second-order valence-electron chi connectivity index (χ2n) is 6.21. The number of ether oxygens (including phenoxy) is 1. The Morgan fingerprint density at radius 2 is 1.91 bits per heavy atom. The Morgan fingerprint density at radius 1 is 1.22 bits per heavy atom. The Bertz CT molecular complexity index is 541. The molecule has 0 heterocycles. The number of hydrogen-bond acceptors (Lipinski definition) is 3. The van der Waals surface area contributed by atoms with Crippen LogP contribution in [0.25, 0.3) is 0 Å². The lowest BCUT2D eigenvalue weighted by atomic mass is 10.1. The van der Waals surface area contributed by atoms with E-state index in [4.69, 9.17) is 4.74 Å². The number of carbonyl (C=O) groups excluding carboxylic acids is 2. The Kier molecular flexibility index (Phi) is 7.75.